The molecule has 1 N–H and O–H groups in total. The molecule has 0 saturated carbocycles. The maximum absolute atomic E-state index is 15.0. The lowest BCUT2D eigenvalue weighted by Crippen LogP contribution is -2.26. The zero-order valence-corrected chi connectivity index (χ0v) is 22.9. The normalized spacial score (nSPS) is 12.8. The van der Waals surface area contributed by atoms with Crippen LogP contribution in [0.4, 0.5) is 10.1 Å². The van der Waals surface area contributed by atoms with Crippen LogP contribution in [0.5, 0.6) is 5.75 Å². The summed E-state index contributed by atoms with van der Waals surface area (Å²) in [6.45, 7) is 2.63. The van der Waals surface area contributed by atoms with E-state index in [9.17, 15) is 17.6 Å². The van der Waals surface area contributed by atoms with Gasteiger partial charge in [-0.2, -0.15) is 0 Å². The molecule has 200 valence electrons. The van der Waals surface area contributed by atoms with Crippen LogP contribution in [0.3, 0.4) is 0 Å². The fraction of sp³-hybridized carbons (Fsp3) is 0.167. The first-order valence-corrected chi connectivity index (χ1v) is 14.2. The molecule has 4 aromatic carbocycles. The van der Waals surface area contributed by atoms with E-state index in [4.69, 9.17) is 16.3 Å². The van der Waals surface area contributed by atoms with Crippen molar-refractivity contribution in [3.05, 3.63) is 112 Å². The quantitative estimate of drug-likeness (QED) is 0.272. The maximum atomic E-state index is 15.0. The van der Waals surface area contributed by atoms with E-state index in [2.05, 4.69) is 4.72 Å². The van der Waals surface area contributed by atoms with Gasteiger partial charge in [0.25, 0.3) is 15.9 Å². The van der Waals surface area contributed by atoms with Gasteiger partial charge in [0.1, 0.15) is 10.7 Å². The molecular formula is C30H26ClFN2O4S. The van der Waals surface area contributed by atoms with Crippen LogP contribution >= 0.6 is 11.6 Å². The molecule has 9 heteroatoms. The molecule has 39 heavy (non-hydrogen) atoms. The average Bonchev–Trinajstić information content (AvgIpc) is 3.37. The van der Waals surface area contributed by atoms with Gasteiger partial charge >= 0.3 is 0 Å². The van der Waals surface area contributed by atoms with Gasteiger partial charge in [0.15, 0.2) is 5.75 Å². The van der Waals surface area contributed by atoms with Crippen LogP contribution in [0, 0.1) is 5.82 Å². The van der Waals surface area contributed by atoms with Crippen molar-refractivity contribution in [2.45, 2.75) is 31.3 Å². The SMILES string of the molecule is CCc1cc(F)c(-c2ccccc2)cc1NS(=O)(=O)c1cc(C(=O)N2Cc3ccccc3C2)cc(Cl)c1OC. The van der Waals surface area contributed by atoms with Crippen LogP contribution in [0.1, 0.15) is 34.0 Å². The zero-order valence-electron chi connectivity index (χ0n) is 21.4. The predicted octanol–water partition coefficient (Wildman–Crippen LogP) is 6.67. The minimum Gasteiger partial charge on any atom is -0.494 e. The second-order valence-corrected chi connectivity index (χ2v) is 11.3. The van der Waals surface area contributed by atoms with Gasteiger partial charge in [0.05, 0.1) is 17.8 Å². The van der Waals surface area contributed by atoms with Crippen molar-refractivity contribution < 1.29 is 22.3 Å². The van der Waals surface area contributed by atoms with E-state index >= 15 is 0 Å². The molecule has 5 rings (SSSR count). The van der Waals surface area contributed by atoms with Gasteiger partial charge in [-0.1, -0.05) is 73.1 Å². The van der Waals surface area contributed by atoms with Crippen LogP contribution in [0.2, 0.25) is 5.02 Å². The molecule has 0 atom stereocenters. The fourth-order valence-corrected chi connectivity index (χ4v) is 6.45. The number of hydrogen-bond donors (Lipinski definition) is 1. The molecule has 4 aromatic rings. The van der Waals surface area contributed by atoms with Crippen LogP contribution in [-0.2, 0) is 29.5 Å². The molecule has 1 aliphatic heterocycles. The van der Waals surface area contributed by atoms with Gasteiger partial charge in [0.2, 0.25) is 0 Å². The number of fused-ring (bicyclic) bond motifs is 1. The number of halogens is 2. The summed E-state index contributed by atoms with van der Waals surface area (Å²) in [4.78, 5) is 14.8. The Balaban J connectivity index is 1.53. The fourth-order valence-electron chi connectivity index (χ4n) is 4.79. The highest BCUT2D eigenvalue weighted by Crippen LogP contribution is 2.37. The lowest BCUT2D eigenvalue weighted by molar-refractivity contribution is 0.0751. The maximum Gasteiger partial charge on any atom is 0.265 e. The highest BCUT2D eigenvalue weighted by atomic mass is 35.5. The molecule has 0 radical (unpaired) electrons. The van der Waals surface area contributed by atoms with Crippen molar-refractivity contribution in [3.8, 4) is 16.9 Å². The van der Waals surface area contributed by atoms with E-state index in [1.54, 1.807) is 36.1 Å². The molecule has 0 aliphatic carbocycles. The predicted molar refractivity (Wildman–Crippen MR) is 150 cm³/mol. The summed E-state index contributed by atoms with van der Waals surface area (Å²) in [5, 5.41) is -0.0137. The number of nitrogens with zero attached hydrogens (tertiary/aromatic N) is 1. The van der Waals surface area contributed by atoms with E-state index in [-0.39, 0.29) is 38.4 Å². The van der Waals surface area contributed by atoms with Gasteiger partial charge in [-0.15, -0.1) is 0 Å². The highest BCUT2D eigenvalue weighted by Gasteiger charge is 2.29. The highest BCUT2D eigenvalue weighted by molar-refractivity contribution is 7.92. The summed E-state index contributed by atoms with van der Waals surface area (Å²) in [5.41, 5.74) is 3.76. The van der Waals surface area contributed by atoms with Crippen molar-refractivity contribution in [2.75, 3.05) is 11.8 Å². The number of aryl methyl sites for hydroxylation is 1. The number of rotatable bonds is 7. The average molecular weight is 565 g/mol. The Labute approximate surface area is 232 Å². The Morgan fingerprint density at radius 3 is 2.26 bits per heavy atom. The largest absolute Gasteiger partial charge is 0.494 e. The van der Waals surface area contributed by atoms with Crippen molar-refractivity contribution in [1.29, 1.82) is 0 Å². The third kappa shape index (κ3) is 5.22. The second-order valence-electron chi connectivity index (χ2n) is 9.23. The summed E-state index contributed by atoms with van der Waals surface area (Å²) in [6, 6.07) is 22.1. The number of nitrogens with one attached hydrogen (secondary N) is 1. The molecule has 0 fully saturated rings. The number of carbonyl (C=O) groups excluding carboxylic acids is 1. The molecule has 0 spiro atoms. The molecule has 0 saturated heterocycles. The third-order valence-electron chi connectivity index (χ3n) is 6.78. The Kier molecular flexibility index (Phi) is 7.34. The molecule has 0 bridgehead atoms. The number of benzene rings is 4. The summed E-state index contributed by atoms with van der Waals surface area (Å²) >= 11 is 6.43. The van der Waals surface area contributed by atoms with Gasteiger partial charge in [0, 0.05) is 24.2 Å². The summed E-state index contributed by atoms with van der Waals surface area (Å²) in [7, 11) is -3.00. The molecule has 1 amide bonds. The molecular weight excluding hydrogens is 539 g/mol. The number of sulfonamides is 1. The summed E-state index contributed by atoms with van der Waals surface area (Å²) < 4.78 is 50.4. The molecule has 0 unspecified atom stereocenters. The number of carbonyl (C=O) groups is 1. The smallest absolute Gasteiger partial charge is 0.265 e. The second kappa shape index (κ2) is 10.7. The summed E-state index contributed by atoms with van der Waals surface area (Å²) in [5.74, 6) is -0.899. The van der Waals surface area contributed by atoms with E-state index in [0.717, 1.165) is 11.1 Å². The van der Waals surface area contributed by atoms with Gasteiger partial charge in [-0.25, -0.2) is 12.8 Å². The summed E-state index contributed by atoms with van der Waals surface area (Å²) in [6.07, 6.45) is 0.385. The van der Waals surface area contributed by atoms with Crippen LogP contribution in [-0.4, -0.2) is 26.3 Å². The van der Waals surface area contributed by atoms with Gasteiger partial charge in [-0.05, 0) is 52.9 Å². The number of amides is 1. The van der Waals surface area contributed by atoms with Gasteiger partial charge < -0.3 is 9.64 Å². The van der Waals surface area contributed by atoms with Crippen molar-refractivity contribution >= 4 is 33.2 Å². The topological polar surface area (TPSA) is 75.7 Å². The lowest BCUT2D eigenvalue weighted by Gasteiger charge is -2.19. The number of hydrogen-bond acceptors (Lipinski definition) is 4. The zero-order chi connectivity index (χ0) is 27.7. The Morgan fingerprint density at radius 1 is 1.00 bits per heavy atom. The van der Waals surface area contributed by atoms with Crippen LogP contribution in [0.25, 0.3) is 11.1 Å². The molecule has 1 heterocycles. The van der Waals surface area contributed by atoms with E-state index in [1.807, 2.05) is 30.3 Å². The van der Waals surface area contributed by atoms with Crippen LogP contribution < -0.4 is 9.46 Å². The van der Waals surface area contributed by atoms with Crippen molar-refractivity contribution in [3.63, 3.8) is 0 Å². The van der Waals surface area contributed by atoms with Crippen molar-refractivity contribution in [1.82, 2.24) is 4.90 Å². The number of anilines is 1. The van der Waals surface area contributed by atoms with E-state index in [1.165, 1.54) is 31.4 Å². The van der Waals surface area contributed by atoms with E-state index < -0.39 is 15.8 Å². The minimum absolute atomic E-state index is 0.0137. The molecule has 1 aliphatic rings. The standard InChI is InChI=1S/C30H26ClFN2O4S/c1-3-19-14-26(32)24(20-9-5-4-6-10-20)16-27(19)33-39(36,37)28-15-23(13-25(31)29(28)38-2)30(35)34-17-21-11-7-8-12-22(21)18-34/h4-16,33H,3,17-18H2,1-2H3. The molecule has 6 nitrogen and oxygen atoms in total. The Hall–Kier alpha value is -3.88. The number of methoxy groups -OCH3 is 1. The number of ether oxygens (including phenoxy) is 1. The third-order valence-corrected chi connectivity index (χ3v) is 8.43. The van der Waals surface area contributed by atoms with Crippen molar-refractivity contribution in [2.24, 2.45) is 0 Å². The lowest BCUT2D eigenvalue weighted by atomic mass is 10.0. The Morgan fingerprint density at radius 2 is 1.64 bits per heavy atom. The molecule has 0 aromatic heterocycles. The first-order chi connectivity index (χ1) is 18.7. The Bertz CT molecular complexity index is 1650. The monoisotopic (exact) mass is 564 g/mol. The first kappa shape index (κ1) is 26.7. The van der Waals surface area contributed by atoms with E-state index in [0.29, 0.717) is 30.6 Å². The first-order valence-electron chi connectivity index (χ1n) is 12.4. The minimum atomic E-state index is -4.31. The van der Waals surface area contributed by atoms with Gasteiger partial charge in [-0.3, -0.25) is 9.52 Å². The van der Waals surface area contributed by atoms with Crippen LogP contribution in [0.15, 0.2) is 83.8 Å².